The number of nitrogens with one attached hydrogen (secondary N) is 1. The number of rotatable bonds is 2. The molecule has 1 N–H and O–H groups in total. The summed E-state index contributed by atoms with van der Waals surface area (Å²) < 4.78 is 55.0. The molecule has 2 aromatic carbocycles. The van der Waals surface area contributed by atoms with Crippen molar-refractivity contribution in [2.45, 2.75) is 38.0 Å². The van der Waals surface area contributed by atoms with Crippen molar-refractivity contribution >= 4 is 16.7 Å². The minimum Gasteiger partial charge on any atom is -0.287 e. The molecule has 1 heterocycles. The van der Waals surface area contributed by atoms with Gasteiger partial charge in [-0.1, -0.05) is 24.3 Å². The molecule has 0 saturated carbocycles. The van der Waals surface area contributed by atoms with Crippen molar-refractivity contribution in [3.8, 4) is 0 Å². The first-order valence-electron chi connectivity index (χ1n) is 7.43. The third-order valence-corrected chi connectivity index (χ3v) is 4.23. The number of carbonyl (C=O) groups excluding carboxylic acids is 1. The molecule has 1 aliphatic rings. The van der Waals surface area contributed by atoms with E-state index in [1.54, 1.807) is 19.9 Å². The summed E-state index contributed by atoms with van der Waals surface area (Å²) in [6, 6.07) is 6.17. The molecule has 0 aromatic heterocycles. The monoisotopic (exact) mass is 340 g/mol. The highest BCUT2D eigenvalue weighted by Gasteiger charge is 2.52. The third kappa shape index (κ3) is 2.84. The highest BCUT2D eigenvalue weighted by Crippen LogP contribution is 2.43. The van der Waals surface area contributed by atoms with Gasteiger partial charge < -0.3 is 0 Å². The van der Waals surface area contributed by atoms with Gasteiger partial charge in [0.2, 0.25) is 5.91 Å². The molecule has 1 amide bonds. The van der Waals surface area contributed by atoms with Crippen molar-refractivity contribution in [3.63, 3.8) is 0 Å². The second-order valence-corrected chi connectivity index (χ2v) is 6.56. The lowest BCUT2D eigenvalue weighted by atomic mass is 9.95. The molecule has 0 bridgehead atoms. The molecule has 0 spiro atoms. The summed E-state index contributed by atoms with van der Waals surface area (Å²) in [6.45, 7) is 3.15. The van der Waals surface area contributed by atoms with E-state index in [9.17, 15) is 22.4 Å². The van der Waals surface area contributed by atoms with Crippen LogP contribution in [0.4, 0.5) is 17.6 Å². The number of amides is 1. The third-order valence-electron chi connectivity index (χ3n) is 4.23. The normalized spacial score (nSPS) is 19.5. The Hall–Kier alpha value is -2.15. The molecule has 1 fully saturated rings. The molecular weight excluding hydrogens is 324 g/mol. The molecule has 7 heteroatoms. The Labute approximate surface area is 136 Å². The fourth-order valence-electron chi connectivity index (χ4n) is 3.13. The highest BCUT2D eigenvalue weighted by molar-refractivity contribution is 5.84. The number of benzene rings is 2. The van der Waals surface area contributed by atoms with Gasteiger partial charge in [-0.05, 0) is 36.9 Å². The number of carbonyl (C=O) groups is 1. The van der Waals surface area contributed by atoms with Gasteiger partial charge in [0.05, 0.1) is 0 Å². The highest BCUT2D eigenvalue weighted by atomic mass is 19.4. The molecule has 0 aliphatic carbocycles. The van der Waals surface area contributed by atoms with E-state index in [-0.39, 0.29) is 17.4 Å². The van der Waals surface area contributed by atoms with Crippen LogP contribution in [0.15, 0.2) is 36.4 Å². The van der Waals surface area contributed by atoms with Gasteiger partial charge in [0.1, 0.15) is 5.82 Å². The molecule has 1 atom stereocenters. The van der Waals surface area contributed by atoms with Crippen LogP contribution >= 0.6 is 0 Å². The quantitative estimate of drug-likeness (QED) is 0.835. The van der Waals surface area contributed by atoms with E-state index in [0.717, 1.165) is 5.01 Å². The number of nitrogens with zero attached hydrogens (tertiary/aromatic N) is 1. The average molecular weight is 340 g/mol. The van der Waals surface area contributed by atoms with Gasteiger partial charge in [-0.2, -0.15) is 18.2 Å². The molecule has 3 rings (SSSR count). The van der Waals surface area contributed by atoms with Crippen molar-refractivity contribution in [2.75, 3.05) is 0 Å². The maximum Gasteiger partial charge on any atom is 0.409 e. The van der Waals surface area contributed by atoms with Crippen LogP contribution < -0.4 is 5.43 Å². The largest absolute Gasteiger partial charge is 0.409 e. The number of halogens is 4. The fraction of sp³-hybridized carbons (Fsp3) is 0.353. The molecule has 24 heavy (non-hydrogen) atoms. The molecule has 2 aromatic rings. The Kier molecular flexibility index (Phi) is 3.79. The SMILES string of the molecule is CC1(C)CC(=O)NN1[C@@H](c1ccc2c(F)cccc2c1)C(F)(F)F. The maximum atomic E-state index is 13.7. The number of hydrogen-bond donors (Lipinski definition) is 1. The van der Waals surface area contributed by atoms with Crippen LogP contribution in [-0.2, 0) is 4.79 Å². The van der Waals surface area contributed by atoms with Crippen molar-refractivity contribution in [1.29, 1.82) is 0 Å². The molecule has 1 saturated heterocycles. The van der Waals surface area contributed by atoms with Crippen molar-refractivity contribution < 1.29 is 22.4 Å². The molecule has 1 aliphatic heterocycles. The Balaban J connectivity index is 2.12. The zero-order chi connectivity index (χ0) is 17.7. The topological polar surface area (TPSA) is 32.3 Å². The number of fused-ring (bicyclic) bond motifs is 1. The zero-order valence-corrected chi connectivity index (χ0v) is 13.1. The number of alkyl halides is 3. The van der Waals surface area contributed by atoms with Gasteiger partial charge in [0.25, 0.3) is 0 Å². The van der Waals surface area contributed by atoms with Crippen molar-refractivity contribution in [3.05, 3.63) is 47.8 Å². The molecule has 3 nitrogen and oxygen atoms in total. The van der Waals surface area contributed by atoms with Crippen LogP contribution in [0.25, 0.3) is 10.8 Å². The summed E-state index contributed by atoms with van der Waals surface area (Å²) >= 11 is 0. The maximum absolute atomic E-state index is 13.7. The van der Waals surface area contributed by atoms with Gasteiger partial charge in [0.15, 0.2) is 6.04 Å². The Bertz CT molecular complexity index is 801. The smallest absolute Gasteiger partial charge is 0.287 e. The van der Waals surface area contributed by atoms with Gasteiger partial charge in [-0.25, -0.2) is 4.39 Å². The molecular formula is C17H16F4N2O. The van der Waals surface area contributed by atoms with Gasteiger partial charge in [0, 0.05) is 17.3 Å². The first kappa shape index (κ1) is 16.7. The van der Waals surface area contributed by atoms with E-state index in [1.807, 2.05) is 0 Å². The number of hydrazine groups is 1. The fourth-order valence-corrected chi connectivity index (χ4v) is 3.13. The van der Waals surface area contributed by atoms with Gasteiger partial charge in [-0.15, -0.1) is 0 Å². The van der Waals surface area contributed by atoms with E-state index in [0.29, 0.717) is 5.39 Å². The lowest BCUT2D eigenvalue weighted by molar-refractivity contribution is -0.203. The predicted molar refractivity (Wildman–Crippen MR) is 81.4 cm³/mol. The number of hydrogen-bond acceptors (Lipinski definition) is 2. The second-order valence-electron chi connectivity index (χ2n) is 6.56. The first-order valence-corrected chi connectivity index (χ1v) is 7.43. The summed E-state index contributed by atoms with van der Waals surface area (Å²) in [5, 5.41) is 1.58. The summed E-state index contributed by atoms with van der Waals surface area (Å²) in [5.41, 5.74) is 1.27. The summed E-state index contributed by atoms with van der Waals surface area (Å²) in [4.78, 5) is 11.6. The van der Waals surface area contributed by atoms with Crippen LogP contribution in [0, 0.1) is 5.82 Å². The standard InChI is InChI=1S/C17H16F4N2O/c1-16(2)9-14(24)22-23(16)15(17(19,20)21)11-6-7-12-10(8-11)4-3-5-13(12)18/h3-8,15H,9H2,1-2H3,(H,22,24)/t15-/m0/s1. The molecule has 128 valence electrons. The first-order chi connectivity index (χ1) is 11.1. The lowest BCUT2D eigenvalue weighted by Crippen LogP contribution is -2.51. The Morgan fingerprint density at radius 3 is 2.50 bits per heavy atom. The summed E-state index contributed by atoms with van der Waals surface area (Å²) in [5.74, 6) is -0.946. The van der Waals surface area contributed by atoms with Gasteiger partial charge in [-0.3, -0.25) is 10.2 Å². The lowest BCUT2D eigenvalue weighted by Gasteiger charge is -2.38. The van der Waals surface area contributed by atoms with Crippen LogP contribution in [0.3, 0.4) is 0 Å². The predicted octanol–water partition coefficient (Wildman–Crippen LogP) is 4.10. The van der Waals surface area contributed by atoms with Crippen molar-refractivity contribution in [2.24, 2.45) is 0 Å². The second kappa shape index (κ2) is 5.44. The minimum atomic E-state index is -4.60. The minimum absolute atomic E-state index is 0.0260. The molecule has 0 radical (unpaired) electrons. The average Bonchev–Trinajstić information content (AvgIpc) is 2.70. The van der Waals surface area contributed by atoms with Crippen LogP contribution in [0.1, 0.15) is 31.9 Å². The van der Waals surface area contributed by atoms with Crippen LogP contribution in [0.2, 0.25) is 0 Å². The van der Waals surface area contributed by atoms with E-state index in [1.165, 1.54) is 30.3 Å². The zero-order valence-electron chi connectivity index (χ0n) is 13.1. The van der Waals surface area contributed by atoms with E-state index in [2.05, 4.69) is 5.43 Å². The Morgan fingerprint density at radius 1 is 1.21 bits per heavy atom. The van der Waals surface area contributed by atoms with E-state index < -0.39 is 29.5 Å². The molecule has 0 unspecified atom stereocenters. The van der Waals surface area contributed by atoms with Crippen LogP contribution in [-0.4, -0.2) is 22.6 Å². The summed E-state index contributed by atoms with van der Waals surface area (Å²) in [7, 11) is 0. The summed E-state index contributed by atoms with van der Waals surface area (Å²) in [6.07, 6.45) is -4.63. The van der Waals surface area contributed by atoms with E-state index in [4.69, 9.17) is 0 Å². The Morgan fingerprint density at radius 2 is 1.92 bits per heavy atom. The van der Waals surface area contributed by atoms with Gasteiger partial charge >= 0.3 is 6.18 Å². The van der Waals surface area contributed by atoms with Crippen LogP contribution in [0.5, 0.6) is 0 Å². The van der Waals surface area contributed by atoms with Crippen molar-refractivity contribution in [1.82, 2.24) is 10.4 Å². The van der Waals surface area contributed by atoms with E-state index >= 15 is 0 Å².